The number of ether oxygens (including phenoxy) is 3. The summed E-state index contributed by atoms with van der Waals surface area (Å²) in [6.07, 6.45) is 0.900. The van der Waals surface area contributed by atoms with Gasteiger partial charge in [-0.1, -0.05) is 19.9 Å². The molecule has 0 radical (unpaired) electrons. The fourth-order valence-electron chi connectivity index (χ4n) is 4.41. The Morgan fingerprint density at radius 2 is 1.76 bits per heavy atom. The van der Waals surface area contributed by atoms with E-state index in [1.165, 1.54) is 4.90 Å². The summed E-state index contributed by atoms with van der Waals surface area (Å²) in [4.78, 5) is 30.0. The molecule has 1 saturated heterocycles. The first-order chi connectivity index (χ1) is 18.1. The van der Waals surface area contributed by atoms with Crippen LogP contribution in [0, 0.1) is 12.8 Å². The Hall–Kier alpha value is -3.52. The summed E-state index contributed by atoms with van der Waals surface area (Å²) in [6, 6.07) is 9.84. The molecule has 8 heteroatoms. The number of nitrogens with zero attached hydrogens (tertiary/aromatic N) is 2. The van der Waals surface area contributed by atoms with E-state index in [9.17, 15) is 14.7 Å². The molecule has 8 nitrogen and oxygen atoms in total. The number of hydrogen-bond acceptors (Lipinski definition) is 7. The summed E-state index contributed by atoms with van der Waals surface area (Å²) in [5.41, 5.74) is 1.97. The summed E-state index contributed by atoms with van der Waals surface area (Å²) < 4.78 is 17.2. The van der Waals surface area contributed by atoms with Crippen molar-refractivity contribution in [2.75, 3.05) is 47.5 Å². The quantitative estimate of drug-likeness (QED) is 0.242. The van der Waals surface area contributed by atoms with Crippen LogP contribution in [-0.4, -0.2) is 74.1 Å². The van der Waals surface area contributed by atoms with E-state index < -0.39 is 17.7 Å². The van der Waals surface area contributed by atoms with Gasteiger partial charge in [-0.2, -0.15) is 0 Å². The normalized spacial score (nSPS) is 17.0. The standard InChI is InChI=1S/C30H40N2O6/c1-8-37-23-11-10-22(17-20(23)4)28(33)26-27(32(15-14-31(5)6)30(35)29(26)34)21-9-12-24(25(18-21)36-7)38-16-13-19(2)3/h9-12,17-19,27,33H,8,13-16H2,1-7H3/b28-26+. The average molecular weight is 525 g/mol. The molecule has 1 heterocycles. The van der Waals surface area contributed by atoms with Crippen LogP contribution >= 0.6 is 0 Å². The van der Waals surface area contributed by atoms with E-state index in [1.807, 2.05) is 38.9 Å². The van der Waals surface area contributed by atoms with Crippen LogP contribution in [-0.2, 0) is 9.59 Å². The number of ketones is 1. The highest BCUT2D eigenvalue weighted by atomic mass is 16.5. The van der Waals surface area contributed by atoms with Crippen molar-refractivity contribution in [1.82, 2.24) is 9.80 Å². The van der Waals surface area contributed by atoms with Crippen LogP contribution in [0.15, 0.2) is 42.0 Å². The van der Waals surface area contributed by atoms with Gasteiger partial charge in [0.15, 0.2) is 11.5 Å². The molecule has 1 unspecified atom stereocenters. The topological polar surface area (TPSA) is 88.5 Å². The Morgan fingerprint density at radius 3 is 2.37 bits per heavy atom. The minimum Gasteiger partial charge on any atom is -0.507 e. The van der Waals surface area contributed by atoms with Crippen LogP contribution in [0.2, 0.25) is 0 Å². The molecule has 1 atom stereocenters. The van der Waals surface area contributed by atoms with Gasteiger partial charge in [-0.05, 0) is 81.7 Å². The number of likely N-dealkylation sites (N-methyl/N-ethyl adjacent to an activating group) is 1. The summed E-state index contributed by atoms with van der Waals surface area (Å²) in [6.45, 7) is 9.97. The largest absolute Gasteiger partial charge is 0.507 e. The first-order valence-corrected chi connectivity index (χ1v) is 13.1. The molecule has 1 aliphatic heterocycles. The number of aliphatic hydroxyl groups excluding tert-OH is 1. The maximum absolute atomic E-state index is 13.3. The van der Waals surface area contributed by atoms with Crippen molar-refractivity contribution in [3.05, 3.63) is 58.7 Å². The summed E-state index contributed by atoms with van der Waals surface area (Å²) >= 11 is 0. The lowest BCUT2D eigenvalue weighted by Crippen LogP contribution is -2.35. The van der Waals surface area contributed by atoms with Gasteiger partial charge in [-0.3, -0.25) is 9.59 Å². The van der Waals surface area contributed by atoms with Gasteiger partial charge in [0.25, 0.3) is 11.7 Å². The SMILES string of the molecule is CCOc1ccc(/C(O)=C2\C(=O)C(=O)N(CCN(C)C)C2c2ccc(OCCC(C)C)c(OC)c2)cc1C. The fraction of sp³-hybridized carbons (Fsp3) is 0.467. The van der Waals surface area contributed by atoms with Crippen molar-refractivity contribution < 1.29 is 28.9 Å². The Balaban J connectivity index is 2.10. The number of benzene rings is 2. The van der Waals surface area contributed by atoms with E-state index >= 15 is 0 Å². The van der Waals surface area contributed by atoms with Gasteiger partial charge in [0, 0.05) is 18.7 Å². The number of likely N-dealkylation sites (tertiary alicyclic amines) is 1. The van der Waals surface area contributed by atoms with Gasteiger partial charge < -0.3 is 29.1 Å². The summed E-state index contributed by atoms with van der Waals surface area (Å²) in [7, 11) is 5.36. The van der Waals surface area contributed by atoms with E-state index in [1.54, 1.807) is 37.4 Å². The highest BCUT2D eigenvalue weighted by molar-refractivity contribution is 6.46. The fourth-order valence-corrected chi connectivity index (χ4v) is 4.41. The second-order valence-electron chi connectivity index (χ2n) is 10.2. The molecule has 3 rings (SSSR count). The molecule has 0 bridgehead atoms. The minimum atomic E-state index is -0.777. The van der Waals surface area contributed by atoms with Crippen molar-refractivity contribution in [3.8, 4) is 17.2 Å². The predicted octanol–water partition coefficient (Wildman–Crippen LogP) is 4.81. The van der Waals surface area contributed by atoms with Crippen molar-refractivity contribution in [2.24, 2.45) is 5.92 Å². The number of methoxy groups -OCH3 is 1. The zero-order valence-electron chi connectivity index (χ0n) is 23.5. The first-order valence-electron chi connectivity index (χ1n) is 13.1. The third-order valence-electron chi connectivity index (χ3n) is 6.53. The van der Waals surface area contributed by atoms with E-state index in [2.05, 4.69) is 13.8 Å². The highest BCUT2D eigenvalue weighted by Crippen LogP contribution is 2.42. The van der Waals surface area contributed by atoms with Crippen LogP contribution in [0.4, 0.5) is 0 Å². The zero-order chi connectivity index (χ0) is 28.0. The molecule has 0 saturated carbocycles. The zero-order valence-corrected chi connectivity index (χ0v) is 23.5. The number of carbonyl (C=O) groups is 2. The van der Waals surface area contributed by atoms with E-state index in [-0.39, 0.29) is 11.3 Å². The second kappa shape index (κ2) is 12.8. The number of aryl methyl sites for hydroxylation is 1. The maximum atomic E-state index is 13.3. The van der Waals surface area contributed by atoms with Gasteiger partial charge in [-0.15, -0.1) is 0 Å². The molecule has 2 aromatic carbocycles. The maximum Gasteiger partial charge on any atom is 0.295 e. The lowest BCUT2D eigenvalue weighted by atomic mass is 9.94. The van der Waals surface area contributed by atoms with Crippen molar-refractivity contribution in [2.45, 2.75) is 40.2 Å². The number of carbonyl (C=O) groups excluding carboxylic acids is 2. The highest BCUT2D eigenvalue weighted by Gasteiger charge is 2.46. The van der Waals surface area contributed by atoms with E-state index in [4.69, 9.17) is 14.2 Å². The monoisotopic (exact) mass is 524 g/mol. The van der Waals surface area contributed by atoms with Gasteiger partial charge >= 0.3 is 0 Å². The third-order valence-corrected chi connectivity index (χ3v) is 6.53. The van der Waals surface area contributed by atoms with E-state index in [0.717, 1.165) is 12.0 Å². The molecule has 0 spiro atoms. The molecule has 2 aromatic rings. The molecule has 0 aromatic heterocycles. The predicted molar refractivity (Wildman–Crippen MR) is 148 cm³/mol. The number of rotatable bonds is 12. The van der Waals surface area contributed by atoms with Gasteiger partial charge in [0.2, 0.25) is 0 Å². The number of Topliss-reactive ketones (excluding diaryl/α,β-unsaturated/α-hetero) is 1. The van der Waals surface area contributed by atoms with Crippen molar-refractivity contribution in [1.29, 1.82) is 0 Å². The van der Waals surface area contributed by atoms with Crippen LogP contribution in [0.3, 0.4) is 0 Å². The van der Waals surface area contributed by atoms with Gasteiger partial charge in [0.05, 0.1) is 31.9 Å². The van der Waals surface area contributed by atoms with Crippen LogP contribution in [0.25, 0.3) is 5.76 Å². The molecule has 1 N–H and O–H groups in total. The summed E-state index contributed by atoms with van der Waals surface area (Å²) in [5, 5.41) is 11.4. The van der Waals surface area contributed by atoms with Crippen molar-refractivity contribution in [3.63, 3.8) is 0 Å². The minimum absolute atomic E-state index is 0.0489. The number of aliphatic hydroxyl groups is 1. The van der Waals surface area contributed by atoms with E-state index in [0.29, 0.717) is 60.6 Å². The number of hydrogen-bond donors (Lipinski definition) is 1. The molecule has 0 aliphatic carbocycles. The lowest BCUT2D eigenvalue weighted by molar-refractivity contribution is -0.140. The van der Waals surface area contributed by atoms with Crippen LogP contribution in [0.5, 0.6) is 17.2 Å². The lowest BCUT2D eigenvalue weighted by Gasteiger charge is -2.27. The second-order valence-corrected chi connectivity index (χ2v) is 10.2. The van der Waals surface area contributed by atoms with Crippen LogP contribution < -0.4 is 14.2 Å². The molecular weight excluding hydrogens is 484 g/mol. The summed E-state index contributed by atoms with van der Waals surface area (Å²) in [5.74, 6) is 0.716. The van der Waals surface area contributed by atoms with Crippen LogP contribution in [0.1, 0.15) is 49.9 Å². The smallest absolute Gasteiger partial charge is 0.295 e. The third kappa shape index (κ3) is 6.48. The Morgan fingerprint density at radius 1 is 1.05 bits per heavy atom. The Labute approximate surface area is 225 Å². The molecule has 1 amide bonds. The molecule has 1 aliphatic rings. The Kier molecular flexibility index (Phi) is 9.80. The van der Waals surface area contributed by atoms with Gasteiger partial charge in [0.1, 0.15) is 11.5 Å². The van der Waals surface area contributed by atoms with Gasteiger partial charge in [-0.25, -0.2) is 0 Å². The molecular formula is C30H40N2O6. The Bertz CT molecular complexity index is 1190. The molecule has 38 heavy (non-hydrogen) atoms. The number of amides is 1. The molecule has 206 valence electrons. The van der Waals surface area contributed by atoms with Crippen molar-refractivity contribution >= 4 is 17.4 Å². The molecule has 1 fully saturated rings. The average Bonchev–Trinajstić information content (AvgIpc) is 3.13. The first kappa shape index (κ1) is 29.0.